The molecule has 0 spiro atoms. The fourth-order valence-electron chi connectivity index (χ4n) is 1.75. The van der Waals surface area contributed by atoms with E-state index in [2.05, 4.69) is 36.7 Å². The summed E-state index contributed by atoms with van der Waals surface area (Å²) in [6, 6.07) is 4.63. The second kappa shape index (κ2) is 7.80. The Labute approximate surface area is 104 Å². The van der Waals surface area contributed by atoms with Crippen molar-refractivity contribution >= 4 is 11.8 Å². The van der Waals surface area contributed by atoms with Gasteiger partial charge >= 0.3 is 0 Å². The number of hydrogen-bond acceptors (Lipinski definition) is 2. The van der Waals surface area contributed by atoms with Crippen LogP contribution in [0.3, 0.4) is 0 Å². The van der Waals surface area contributed by atoms with E-state index in [9.17, 15) is 0 Å². The third kappa shape index (κ3) is 4.62. The van der Waals surface area contributed by atoms with E-state index in [0.29, 0.717) is 6.04 Å². The predicted molar refractivity (Wildman–Crippen MR) is 74.0 cm³/mol. The lowest BCUT2D eigenvalue weighted by Crippen LogP contribution is -2.23. The van der Waals surface area contributed by atoms with Gasteiger partial charge in [-0.15, -0.1) is 0 Å². The van der Waals surface area contributed by atoms with Crippen molar-refractivity contribution in [1.82, 2.24) is 4.57 Å². The summed E-state index contributed by atoms with van der Waals surface area (Å²) in [6.45, 7) is 5.49. The molecule has 1 heterocycles. The minimum Gasteiger partial charge on any atom is -0.351 e. The van der Waals surface area contributed by atoms with Gasteiger partial charge in [-0.05, 0) is 36.5 Å². The molecule has 0 saturated heterocycles. The Hall–Kier alpha value is -0.410. The molecule has 0 aliphatic rings. The first-order chi connectivity index (χ1) is 7.77. The molecule has 1 atom stereocenters. The summed E-state index contributed by atoms with van der Waals surface area (Å²) in [6.07, 6.45) is 5.48. The number of rotatable bonds is 8. The van der Waals surface area contributed by atoms with E-state index in [-0.39, 0.29) is 0 Å². The molecule has 0 amide bonds. The van der Waals surface area contributed by atoms with E-state index in [4.69, 9.17) is 5.73 Å². The standard InChI is InChI=1S/C13H24N2S/c1-3-12(14)11-13-7-5-8-15(13)9-6-10-16-4-2/h5,7-8,12H,3-4,6,9-11,14H2,1-2H3. The summed E-state index contributed by atoms with van der Waals surface area (Å²) < 4.78 is 2.35. The van der Waals surface area contributed by atoms with Crippen LogP contribution in [0.5, 0.6) is 0 Å². The van der Waals surface area contributed by atoms with Gasteiger partial charge < -0.3 is 10.3 Å². The van der Waals surface area contributed by atoms with Crippen molar-refractivity contribution in [2.24, 2.45) is 5.73 Å². The smallest absolute Gasteiger partial charge is 0.0230 e. The number of nitrogens with two attached hydrogens (primary N) is 1. The number of thioether (sulfide) groups is 1. The second-order valence-corrected chi connectivity index (χ2v) is 5.51. The van der Waals surface area contributed by atoms with Crippen LogP contribution in [0.4, 0.5) is 0 Å². The van der Waals surface area contributed by atoms with E-state index in [1.54, 1.807) is 0 Å². The Morgan fingerprint density at radius 1 is 1.44 bits per heavy atom. The van der Waals surface area contributed by atoms with Crippen molar-refractivity contribution in [1.29, 1.82) is 0 Å². The van der Waals surface area contributed by atoms with Crippen molar-refractivity contribution < 1.29 is 0 Å². The quantitative estimate of drug-likeness (QED) is 0.708. The second-order valence-electron chi connectivity index (χ2n) is 4.12. The topological polar surface area (TPSA) is 30.9 Å². The van der Waals surface area contributed by atoms with Crippen LogP contribution in [0.25, 0.3) is 0 Å². The Morgan fingerprint density at radius 2 is 2.25 bits per heavy atom. The van der Waals surface area contributed by atoms with Crippen LogP contribution < -0.4 is 5.73 Å². The van der Waals surface area contributed by atoms with Gasteiger partial charge in [0, 0.05) is 30.9 Å². The van der Waals surface area contributed by atoms with Crippen LogP contribution in [0.1, 0.15) is 32.4 Å². The van der Waals surface area contributed by atoms with E-state index >= 15 is 0 Å². The summed E-state index contributed by atoms with van der Waals surface area (Å²) in [5, 5.41) is 0. The molecule has 2 nitrogen and oxygen atoms in total. The minimum atomic E-state index is 0.304. The molecule has 0 aromatic carbocycles. The SMILES string of the molecule is CCSCCCn1cccc1CC(N)CC. The van der Waals surface area contributed by atoms with Gasteiger partial charge in [-0.25, -0.2) is 0 Å². The van der Waals surface area contributed by atoms with Crippen molar-refractivity contribution in [2.75, 3.05) is 11.5 Å². The first kappa shape index (κ1) is 13.7. The summed E-state index contributed by atoms with van der Waals surface area (Å²) in [4.78, 5) is 0. The molecule has 0 aliphatic heterocycles. The molecule has 1 aromatic rings. The highest BCUT2D eigenvalue weighted by molar-refractivity contribution is 7.99. The normalized spacial score (nSPS) is 12.9. The van der Waals surface area contributed by atoms with E-state index in [1.807, 2.05) is 11.8 Å². The van der Waals surface area contributed by atoms with Crippen LogP contribution in [-0.2, 0) is 13.0 Å². The molecule has 1 unspecified atom stereocenters. The number of hydrogen-bond donors (Lipinski definition) is 1. The zero-order valence-corrected chi connectivity index (χ0v) is 11.3. The first-order valence-electron chi connectivity index (χ1n) is 6.25. The van der Waals surface area contributed by atoms with E-state index in [1.165, 1.54) is 23.6 Å². The van der Waals surface area contributed by atoms with Crippen LogP contribution >= 0.6 is 11.8 Å². The average molecular weight is 240 g/mol. The monoisotopic (exact) mass is 240 g/mol. The summed E-state index contributed by atoms with van der Waals surface area (Å²) in [5.41, 5.74) is 7.38. The van der Waals surface area contributed by atoms with Crippen LogP contribution in [0.15, 0.2) is 18.3 Å². The maximum Gasteiger partial charge on any atom is 0.0230 e. The highest BCUT2D eigenvalue weighted by Gasteiger charge is 2.05. The Balaban J connectivity index is 2.38. The maximum absolute atomic E-state index is 5.99. The number of aromatic nitrogens is 1. The van der Waals surface area contributed by atoms with Crippen molar-refractivity contribution in [3.8, 4) is 0 Å². The number of aryl methyl sites for hydroxylation is 1. The zero-order chi connectivity index (χ0) is 11.8. The molecule has 0 radical (unpaired) electrons. The highest BCUT2D eigenvalue weighted by Crippen LogP contribution is 2.09. The molecule has 2 N–H and O–H groups in total. The molecule has 0 fully saturated rings. The van der Waals surface area contributed by atoms with Gasteiger partial charge in [-0.3, -0.25) is 0 Å². The lowest BCUT2D eigenvalue weighted by molar-refractivity contribution is 0.588. The molecular weight excluding hydrogens is 216 g/mol. The van der Waals surface area contributed by atoms with Gasteiger partial charge in [0.2, 0.25) is 0 Å². The number of nitrogens with zero attached hydrogens (tertiary/aromatic N) is 1. The molecule has 0 saturated carbocycles. The largest absolute Gasteiger partial charge is 0.351 e. The molecule has 0 aliphatic carbocycles. The molecule has 16 heavy (non-hydrogen) atoms. The van der Waals surface area contributed by atoms with Gasteiger partial charge in [0.05, 0.1) is 0 Å². The zero-order valence-electron chi connectivity index (χ0n) is 10.5. The molecular formula is C13H24N2S. The molecule has 92 valence electrons. The van der Waals surface area contributed by atoms with Gasteiger partial charge in [0.25, 0.3) is 0 Å². The van der Waals surface area contributed by atoms with Crippen LogP contribution in [-0.4, -0.2) is 22.1 Å². The lowest BCUT2D eigenvalue weighted by Gasteiger charge is -2.12. The third-order valence-corrected chi connectivity index (χ3v) is 3.80. The Morgan fingerprint density at radius 3 is 2.94 bits per heavy atom. The maximum atomic E-state index is 5.99. The molecule has 1 rings (SSSR count). The Kier molecular flexibility index (Phi) is 6.65. The molecule has 0 bridgehead atoms. The van der Waals surface area contributed by atoms with Gasteiger partial charge in [-0.2, -0.15) is 11.8 Å². The fourth-order valence-corrected chi connectivity index (χ4v) is 2.37. The van der Waals surface area contributed by atoms with E-state index < -0.39 is 0 Å². The van der Waals surface area contributed by atoms with Crippen molar-refractivity contribution in [2.45, 2.75) is 45.7 Å². The summed E-state index contributed by atoms with van der Waals surface area (Å²) >= 11 is 2.02. The fraction of sp³-hybridized carbons (Fsp3) is 0.692. The minimum absolute atomic E-state index is 0.304. The average Bonchev–Trinajstić information content (AvgIpc) is 2.72. The molecule has 1 aromatic heterocycles. The summed E-state index contributed by atoms with van der Waals surface area (Å²) in [7, 11) is 0. The highest BCUT2D eigenvalue weighted by atomic mass is 32.2. The predicted octanol–water partition coefficient (Wildman–Crippen LogP) is 2.91. The van der Waals surface area contributed by atoms with Gasteiger partial charge in [0.15, 0.2) is 0 Å². The van der Waals surface area contributed by atoms with Gasteiger partial charge in [0.1, 0.15) is 0 Å². The molecule has 3 heteroatoms. The van der Waals surface area contributed by atoms with Gasteiger partial charge in [-0.1, -0.05) is 13.8 Å². The van der Waals surface area contributed by atoms with Crippen LogP contribution in [0, 0.1) is 0 Å². The third-order valence-electron chi connectivity index (χ3n) is 2.81. The van der Waals surface area contributed by atoms with Crippen LogP contribution in [0.2, 0.25) is 0 Å². The summed E-state index contributed by atoms with van der Waals surface area (Å²) in [5.74, 6) is 2.48. The van der Waals surface area contributed by atoms with Crippen molar-refractivity contribution in [3.05, 3.63) is 24.0 Å². The Bertz CT molecular complexity index is 283. The van der Waals surface area contributed by atoms with E-state index in [0.717, 1.165) is 19.4 Å². The first-order valence-corrected chi connectivity index (χ1v) is 7.40. The lowest BCUT2D eigenvalue weighted by atomic mass is 10.1. The van der Waals surface area contributed by atoms with Crippen molar-refractivity contribution in [3.63, 3.8) is 0 Å².